The Morgan fingerprint density at radius 2 is 1.94 bits per heavy atom. The van der Waals surface area contributed by atoms with Crippen molar-refractivity contribution < 1.29 is 14.7 Å². The van der Waals surface area contributed by atoms with Crippen LogP contribution in [-0.2, 0) is 11.3 Å². The van der Waals surface area contributed by atoms with Gasteiger partial charge in [-0.15, -0.1) is 0 Å². The van der Waals surface area contributed by atoms with Gasteiger partial charge in [0.1, 0.15) is 6.04 Å². The first kappa shape index (κ1) is 22.7. The van der Waals surface area contributed by atoms with E-state index in [1.165, 1.54) is 4.90 Å². The number of halogens is 1. The predicted molar refractivity (Wildman–Crippen MR) is 123 cm³/mol. The van der Waals surface area contributed by atoms with E-state index in [2.05, 4.69) is 10.3 Å². The van der Waals surface area contributed by atoms with E-state index in [0.29, 0.717) is 17.1 Å². The lowest BCUT2D eigenvalue weighted by atomic mass is 10.0. The SMILES string of the molecule is C/C=C(\C=N/C)c1cccc(C(=O)N2C[C@H](O)C[C@H]2C(=O)NCc2ccc(Cl)cc2)c1. The van der Waals surface area contributed by atoms with Crippen LogP contribution in [0.2, 0.25) is 5.02 Å². The van der Waals surface area contributed by atoms with Crippen molar-refractivity contribution in [3.8, 4) is 0 Å². The summed E-state index contributed by atoms with van der Waals surface area (Å²) < 4.78 is 0. The van der Waals surface area contributed by atoms with Gasteiger partial charge in [0.15, 0.2) is 0 Å². The fourth-order valence-electron chi connectivity index (χ4n) is 3.65. The Balaban J connectivity index is 1.75. The fourth-order valence-corrected chi connectivity index (χ4v) is 3.77. The molecule has 3 rings (SSSR count). The molecule has 0 aromatic heterocycles. The molecule has 0 bridgehead atoms. The Labute approximate surface area is 187 Å². The second-order valence-corrected chi connectivity index (χ2v) is 7.86. The van der Waals surface area contributed by atoms with Gasteiger partial charge >= 0.3 is 0 Å². The van der Waals surface area contributed by atoms with Gasteiger partial charge in [-0.05, 0) is 47.9 Å². The molecule has 31 heavy (non-hydrogen) atoms. The maximum absolute atomic E-state index is 13.2. The standard InChI is InChI=1S/C24H26ClN3O3/c1-3-17(14-26-2)18-5-4-6-19(11-18)24(31)28-15-21(29)12-22(28)23(30)27-13-16-7-9-20(25)10-8-16/h3-11,14,21-22,29H,12-13,15H2,1-2H3,(H,27,30)/b17-3+,26-14-/t21-,22+/m1/s1. The molecule has 6 nitrogen and oxygen atoms in total. The number of β-amino-alcohol motifs (C(OH)–C–C–N with tert-alkyl or cyclic N) is 1. The maximum atomic E-state index is 13.2. The van der Waals surface area contributed by atoms with Crippen LogP contribution in [0.15, 0.2) is 59.6 Å². The van der Waals surface area contributed by atoms with Crippen LogP contribution in [0.4, 0.5) is 0 Å². The summed E-state index contributed by atoms with van der Waals surface area (Å²) in [6.07, 6.45) is 3.12. The highest BCUT2D eigenvalue weighted by molar-refractivity contribution is 6.30. The summed E-state index contributed by atoms with van der Waals surface area (Å²) in [4.78, 5) is 31.5. The Morgan fingerprint density at radius 3 is 2.61 bits per heavy atom. The number of aliphatic hydroxyl groups excluding tert-OH is 1. The zero-order valence-electron chi connectivity index (χ0n) is 17.6. The largest absolute Gasteiger partial charge is 0.391 e. The van der Waals surface area contributed by atoms with Gasteiger partial charge in [0.2, 0.25) is 5.91 Å². The molecule has 1 fully saturated rings. The molecule has 1 heterocycles. The number of carbonyl (C=O) groups is 2. The summed E-state index contributed by atoms with van der Waals surface area (Å²) in [5, 5.41) is 13.6. The Bertz CT molecular complexity index is 1000. The monoisotopic (exact) mass is 439 g/mol. The van der Waals surface area contributed by atoms with E-state index in [1.54, 1.807) is 43.6 Å². The molecule has 0 radical (unpaired) electrons. The lowest BCUT2D eigenvalue weighted by molar-refractivity contribution is -0.125. The number of hydrogen-bond donors (Lipinski definition) is 2. The highest BCUT2D eigenvalue weighted by atomic mass is 35.5. The summed E-state index contributed by atoms with van der Waals surface area (Å²) >= 11 is 5.89. The van der Waals surface area contributed by atoms with Crippen molar-refractivity contribution >= 4 is 35.2 Å². The first-order valence-electron chi connectivity index (χ1n) is 10.1. The number of aliphatic imine (C=N–C) groups is 1. The minimum atomic E-state index is -0.739. The molecule has 1 aliphatic heterocycles. The number of amides is 2. The molecule has 0 spiro atoms. The van der Waals surface area contributed by atoms with E-state index >= 15 is 0 Å². The molecule has 1 aliphatic rings. The predicted octanol–water partition coefficient (Wildman–Crippen LogP) is 3.34. The molecule has 0 saturated carbocycles. The zero-order chi connectivity index (χ0) is 22.4. The first-order valence-corrected chi connectivity index (χ1v) is 10.5. The van der Waals surface area contributed by atoms with Crippen LogP contribution in [0.5, 0.6) is 0 Å². The van der Waals surface area contributed by atoms with Gasteiger partial charge in [-0.1, -0.05) is 41.9 Å². The van der Waals surface area contributed by atoms with Crippen LogP contribution in [-0.4, -0.2) is 53.8 Å². The Hall–Kier alpha value is -2.96. The number of carbonyl (C=O) groups excluding carboxylic acids is 2. The highest BCUT2D eigenvalue weighted by Crippen LogP contribution is 2.23. The van der Waals surface area contributed by atoms with Crippen molar-refractivity contribution in [2.45, 2.75) is 32.0 Å². The summed E-state index contributed by atoms with van der Waals surface area (Å²) in [5.74, 6) is -0.572. The quantitative estimate of drug-likeness (QED) is 0.677. The number of benzene rings is 2. The third-order valence-corrected chi connectivity index (χ3v) is 5.50. The Morgan fingerprint density at radius 1 is 1.23 bits per heavy atom. The van der Waals surface area contributed by atoms with E-state index in [-0.39, 0.29) is 24.8 Å². The molecule has 2 amide bonds. The van der Waals surface area contributed by atoms with Gasteiger partial charge in [-0.2, -0.15) is 0 Å². The second-order valence-electron chi connectivity index (χ2n) is 7.42. The average Bonchev–Trinajstić information content (AvgIpc) is 3.18. The van der Waals surface area contributed by atoms with Gasteiger partial charge in [0.25, 0.3) is 5.91 Å². The van der Waals surface area contributed by atoms with Crippen LogP contribution in [0.3, 0.4) is 0 Å². The van der Waals surface area contributed by atoms with E-state index in [9.17, 15) is 14.7 Å². The molecule has 7 heteroatoms. The molecule has 2 aromatic carbocycles. The first-order chi connectivity index (χ1) is 14.9. The van der Waals surface area contributed by atoms with Gasteiger partial charge in [0.05, 0.1) is 6.10 Å². The summed E-state index contributed by atoms with van der Waals surface area (Å²) in [7, 11) is 1.69. The second kappa shape index (κ2) is 10.4. The van der Waals surface area contributed by atoms with Crippen molar-refractivity contribution in [2.75, 3.05) is 13.6 Å². The minimum absolute atomic E-state index is 0.120. The summed E-state index contributed by atoms with van der Waals surface area (Å²) in [6.45, 7) is 2.35. The van der Waals surface area contributed by atoms with Crippen molar-refractivity contribution in [1.82, 2.24) is 10.2 Å². The lowest BCUT2D eigenvalue weighted by Gasteiger charge is -2.24. The molecular weight excluding hydrogens is 414 g/mol. The van der Waals surface area contributed by atoms with Crippen molar-refractivity contribution in [1.29, 1.82) is 0 Å². The fraction of sp³-hybridized carbons (Fsp3) is 0.292. The van der Waals surface area contributed by atoms with Crippen LogP contribution < -0.4 is 5.32 Å². The molecule has 2 atom stereocenters. The molecule has 162 valence electrons. The number of hydrogen-bond acceptors (Lipinski definition) is 4. The number of likely N-dealkylation sites (tertiary alicyclic amines) is 1. The summed E-state index contributed by atoms with van der Waals surface area (Å²) in [6, 6.07) is 13.7. The third-order valence-electron chi connectivity index (χ3n) is 5.24. The Kier molecular flexibility index (Phi) is 7.60. The van der Waals surface area contributed by atoms with Crippen LogP contribution in [0, 0.1) is 0 Å². The van der Waals surface area contributed by atoms with Gasteiger partial charge in [-0.25, -0.2) is 0 Å². The number of nitrogens with zero attached hydrogens (tertiary/aromatic N) is 2. The highest BCUT2D eigenvalue weighted by Gasteiger charge is 2.39. The molecule has 2 N–H and O–H groups in total. The molecule has 0 aliphatic carbocycles. The van der Waals surface area contributed by atoms with Crippen molar-refractivity contribution in [2.24, 2.45) is 4.99 Å². The van der Waals surface area contributed by atoms with Gasteiger partial charge < -0.3 is 15.3 Å². The molecule has 2 aromatic rings. The molecule has 0 unspecified atom stereocenters. The van der Waals surface area contributed by atoms with E-state index in [4.69, 9.17) is 11.6 Å². The number of nitrogens with one attached hydrogen (secondary N) is 1. The smallest absolute Gasteiger partial charge is 0.254 e. The molecular formula is C24H26ClN3O3. The van der Waals surface area contributed by atoms with Crippen LogP contribution in [0.25, 0.3) is 5.57 Å². The number of allylic oxidation sites excluding steroid dienone is 2. The van der Waals surface area contributed by atoms with E-state index in [1.807, 2.05) is 31.2 Å². The summed E-state index contributed by atoms with van der Waals surface area (Å²) in [5.41, 5.74) is 3.13. The number of rotatable bonds is 6. The maximum Gasteiger partial charge on any atom is 0.254 e. The average molecular weight is 440 g/mol. The normalized spacial score (nSPS) is 19.1. The minimum Gasteiger partial charge on any atom is -0.391 e. The van der Waals surface area contributed by atoms with Crippen molar-refractivity contribution in [3.63, 3.8) is 0 Å². The van der Waals surface area contributed by atoms with Gasteiger partial charge in [-0.3, -0.25) is 14.6 Å². The van der Waals surface area contributed by atoms with Crippen molar-refractivity contribution in [3.05, 3.63) is 76.3 Å². The number of aliphatic hydroxyl groups is 1. The van der Waals surface area contributed by atoms with Crippen LogP contribution in [0.1, 0.15) is 34.8 Å². The topological polar surface area (TPSA) is 82.0 Å². The van der Waals surface area contributed by atoms with Crippen LogP contribution >= 0.6 is 11.6 Å². The third kappa shape index (κ3) is 5.60. The van der Waals surface area contributed by atoms with E-state index in [0.717, 1.165) is 16.7 Å². The van der Waals surface area contributed by atoms with E-state index < -0.39 is 12.1 Å². The van der Waals surface area contributed by atoms with Gasteiger partial charge in [0, 0.05) is 43.4 Å². The molecule has 1 saturated heterocycles. The lowest BCUT2D eigenvalue weighted by Crippen LogP contribution is -2.45. The zero-order valence-corrected chi connectivity index (χ0v) is 18.3.